The highest BCUT2D eigenvalue weighted by Crippen LogP contribution is 2.35. The molecule has 194 valence electrons. The summed E-state index contributed by atoms with van der Waals surface area (Å²) >= 11 is 11.8. The largest absolute Gasteiger partial charge is 0.633 e. The zero-order valence-electron chi connectivity index (χ0n) is 20.8. The topological polar surface area (TPSA) is 104 Å². The van der Waals surface area contributed by atoms with Crippen molar-refractivity contribution < 1.29 is 9.44 Å². The lowest BCUT2D eigenvalue weighted by atomic mass is 9.91. The molecule has 1 aromatic carbocycles. The van der Waals surface area contributed by atoms with Crippen LogP contribution in [0.3, 0.4) is 0 Å². The summed E-state index contributed by atoms with van der Waals surface area (Å²) in [6.45, 7) is 3.25. The first-order chi connectivity index (χ1) is 18.3. The van der Waals surface area contributed by atoms with Crippen LogP contribution in [0.15, 0.2) is 67.1 Å². The van der Waals surface area contributed by atoms with Crippen LogP contribution < -0.4 is 5.32 Å². The molecule has 3 aromatic heterocycles. The molecular formula is C28H26Cl2N6O2. The Bertz CT molecular complexity index is 1440. The Morgan fingerprint density at radius 1 is 1.03 bits per heavy atom. The van der Waals surface area contributed by atoms with Gasteiger partial charge in [-0.1, -0.05) is 47.5 Å². The Kier molecular flexibility index (Phi) is 7.67. The van der Waals surface area contributed by atoms with Gasteiger partial charge in [0.2, 0.25) is 0 Å². The molecule has 5 rings (SSSR count). The summed E-state index contributed by atoms with van der Waals surface area (Å²) in [6.07, 6.45) is 5.99. The fourth-order valence-corrected chi connectivity index (χ4v) is 5.03. The SMILES string of the molecule is Cc1ccc(NC(=O)c2ccnc(Cl)c2)c(C2CC[N+]([O-])(Cc3ccc(-c4ncc(Cl)cn4)cc3)CC2)n1. The number of quaternary nitrogens is 1. The van der Waals surface area contributed by atoms with E-state index in [2.05, 4.69) is 20.3 Å². The summed E-state index contributed by atoms with van der Waals surface area (Å²) in [5.74, 6) is 0.391. The molecule has 38 heavy (non-hydrogen) atoms. The standard InChI is InChI=1S/C28H26Cl2N6O2/c1-18-2-7-24(35-28(37)22-8-11-31-25(30)14-22)26(34-18)20-9-12-36(38,13-10-20)17-19-3-5-21(6-4-19)27-32-15-23(29)16-33-27/h2-8,11,14-16,20H,9-10,12-13,17H2,1H3,(H,35,37). The highest BCUT2D eigenvalue weighted by molar-refractivity contribution is 6.30. The maximum absolute atomic E-state index is 13.6. The summed E-state index contributed by atoms with van der Waals surface area (Å²) in [5.41, 5.74) is 4.60. The number of hydroxylamine groups is 3. The molecule has 4 heterocycles. The van der Waals surface area contributed by atoms with Crippen molar-refractivity contribution in [1.29, 1.82) is 0 Å². The third kappa shape index (κ3) is 6.16. The number of likely N-dealkylation sites (tertiary alicyclic amines) is 1. The van der Waals surface area contributed by atoms with Crippen molar-refractivity contribution in [3.05, 3.63) is 105 Å². The number of hydrogen-bond acceptors (Lipinski definition) is 6. The minimum Gasteiger partial charge on any atom is -0.633 e. The minimum absolute atomic E-state index is 0.0795. The van der Waals surface area contributed by atoms with Gasteiger partial charge in [-0.2, -0.15) is 0 Å². The number of anilines is 1. The highest BCUT2D eigenvalue weighted by atomic mass is 35.5. The van der Waals surface area contributed by atoms with E-state index in [4.69, 9.17) is 28.2 Å². The Morgan fingerprint density at radius 2 is 1.74 bits per heavy atom. The van der Waals surface area contributed by atoms with Crippen LogP contribution in [0, 0.1) is 12.1 Å². The van der Waals surface area contributed by atoms with E-state index >= 15 is 0 Å². The van der Waals surface area contributed by atoms with Crippen LogP contribution in [-0.4, -0.2) is 43.6 Å². The molecule has 1 N–H and O–H groups in total. The van der Waals surface area contributed by atoms with Gasteiger partial charge in [0, 0.05) is 59.7 Å². The molecule has 4 aromatic rings. The number of halogens is 2. The van der Waals surface area contributed by atoms with E-state index in [9.17, 15) is 10.0 Å². The van der Waals surface area contributed by atoms with Crippen LogP contribution in [0.2, 0.25) is 10.2 Å². The number of aryl methyl sites for hydroxylation is 1. The molecule has 10 heteroatoms. The van der Waals surface area contributed by atoms with E-state index in [-0.39, 0.29) is 21.6 Å². The van der Waals surface area contributed by atoms with E-state index in [1.165, 1.54) is 12.3 Å². The molecule has 1 saturated heterocycles. The van der Waals surface area contributed by atoms with Crippen LogP contribution in [0.4, 0.5) is 5.69 Å². The third-order valence-corrected chi connectivity index (χ3v) is 7.16. The second kappa shape index (κ2) is 11.1. The first-order valence-corrected chi connectivity index (χ1v) is 13.1. The van der Waals surface area contributed by atoms with Gasteiger partial charge in [0.25, 0.3) is 5.91 Å². The van der Waals surface area contributed by atoms with Crippen LogP contribution >= 0.6 is 23.2 Å². The smallest absolute Gasteiger partial charge is 0.255 e. The molecule has 0 bridgehead atoms. The monoisotopic (exact) mass is 548 g/mol. The van der Waals surface area contributed by atoms with E-state index < -0.39 is 0 Å². The van der Waals surface area contributed by atoms with Gasteiger partial charge in [-0.15, -0.1) is 0 Å². The van der Waals surface area contributed by atoms with Crippen LogP contribution in [0.5, 0.6) is 0 Å². The number of nitrogens with zero attached hydrogens (tertiary/aromatic N) is 5. The zero-order chi connectivity index (χ0) is 26.7. The maximum Gasteiger partial charge on any atom is 0.255 e. The van der Waals surface area contributed by atoms with E-state index in [0.717, 1.165) is 22.5 Å². The summed E-state index contributed by atoms with van der Waals surface area (Å²) in [6, 6.07) is 14.7. The van der Waals surface area contributed by atoms with Crippen molar-refractivity contribution in [3.63, 3.8) is 0 Å². The van der Waals surface area contributed by atoms with Gasteiger partial charge < -0.3 is 15.2 Å². The maximum atomic E-state index is 13.6. The molecule has 0 unspecified atom stereocenters. The van der Waals surface area contributed by atoms with Gasteiger partial charge in [0.1, 0.15) is 11.7 Å². The summed E-state index contributed by atoms with van der Waals surface area (Å²) in [5, 5.41) is 17.3. The van der Waals surface area contributed by atoms with Crippen molar-refractivity contribution in [3.8, 4) is 11.4 Å². The highest BCUT2D eigenvalue weighted by Gasteiger charge is 2.30. The Morgan fingerprint density at radius 3 is 2.42 bits per heavy atom. The zero-order valence-corrected chi connectivity index (χ0v) is 22.3. The number of aromatic nitrogens is 4. The number of carbonyl (C=O) groups excluding carboxylic acids is 1. The molecular weight excluding hydrogens is 523 g/mol. The molecule has 1 fully saturated rings. The number of rotatable bonds is 6. The predicted molar refractivity (Wildman–Crippen MR) is 148 cm³/mol. The average Bonchev–Trinajstić information content (AvgIpc) is 2.91. The second-order valence-electron chi connectivity index (χ2n) is 9.57. The van der Waals surface area contributed by atoms with Crippen molar-refractivity contribution in [2.75, 3.05) is 18.4 Å². The molecule has 0 radical (unpaired) electrons. The first kappa shape index (κ1) is 26.2. The number of benzene rings is 1. The number of piperidine rings is 1. The Balaban J connectivity index is 1.25. The lowest BCUT2D eigenvalue weighted by Gasteiger charge is -2.47. The van der Waals surface area contributed by atoms with E-state index in [1.54, 1.807) is 18.5 Å². The van der Waals surface area contributed by atoms with Crippen molar-refractivity contribution in [1.82, 2.24) is 19.9 Å². The van der Waals surface area contributed by atoms with Gasteiger partial charge in [-0.3, -0.25) is 9.78 Å². The molecule has 0 atom stereocenters. The van der Waals surface area contributed by atoms with Crippen LogP contribution in [0.25, 0.3) is 11.4 Å². The van der Waals surface area contributed by atoms with E-state index in [0.29, 0.717) is 54.6 Å². The quantitative estimate of drug-likeness (QED) is 0.175. The number of pyridine rings is 2. The van der Waals surface area contributed by atoms with Gasteiger partial charge >= 0.3 is 0 Å². The summed E-state index contributed by atoms with van der Waals surface area (Å²) < 4.78 is -0.295. The van der Waals surface area contributed by atoms with Gasteiger partial charge in [0.15, 0.2) is 5.82 Å². The van der Waals surface area contributed by atoms with Gasteiger partial charge in [-0.05, 0) is 31.2 Å². The molecule has 1 amide bonds. The summed E-state index contributed by atoms with van der Waals surface area (Å²) in [4.78, 5) is 30.0. The normalized spacial score (nSPS) is 19.2. The van der Waals surface area contributed by atoms with Crippen molar-refractivity contribution in [2.45, 2.75) is 32.2 Å². The lowest BCUT2D eigenvalue weighted by Crippen LogP contribution is -2.47. The minimum atomic E-state index is -0.295. The molecule has 0 spiro atoms. The predicted octanol–water partition coefficient (Wildman–Crippen LogP) is 6.19. The number of amides is 1. The molecule has 8 nitrogen and oxygen atoms in total. The fourth-order valence-electron chi connectivity index (χ4n) is 4.76. The molecule has 0 saturated carbocycles. The Hall–Kier alpha value is -3.43. The average molecular weight is 549 g/mol. The molecule has 1 aliphatic rings. The fraction of sp³-hybridized carbons (Fsp3) is 0.250. The number of nitrogens with one attached hydrogen (secondary N) is 1. The summed E-state index contributed by atoms with van der Waals surface area (Å²) in [7, 11) is 0. The molecule has 0 aliphatic carbocycles. The van der Waals surface area contributed by atoms with E-state index in [1.807, 2.05) is 43.3 Å². The second-order valence-corrected chi connectivity index (χ2v) is 10.4. The first-order valence-electron chi connectivity index (χ1n) is 12.3. The van der Waals surface area contributed by atoms with Crippen LogP contribution in [-0.2, 0) is 6.54 Å². The number of hydrogen-bond donors (Lipinski definition) is 1. The Labute approximate surface area is 230 Å². The number of carbonyl (C=O) groups is 1. The van der Waals surface area contributed by atoms with Crippen LogP contribution in [0.1, 0.15) is 46.1 Å². The van der Waals surface area contributed by atoms with Gasteiger partial charge in [0.05, 0.1) is 29.5 Å². The molecule has 1 aliphatic heterocycles. The van der Waals surface area contributed by atoms with Crippen molar-refractivity contribution in [2.24, 2.45) is 0 Å². The van der Waals surface area contributed by atoms with Gasteiger partial charge in [-0.25, -0.2) is 15.0 Å². The lowest BCUT2D eigenvalue weighted by molar-refractivity contribution is -0.899. The van der Waals surface area contributed by atoms with Crippen molar-refractivity contribution >= 4 is 34.8 Å². The third-order valence-electron chi connectivity index (χ3n) is 6.76.